The molecule has 1 atom stereocenters. The number of anilines is 1. The SMILES string of the molecule is COC(=O)C1=C(C(=O)OC)N(c2c(Br)cc(Cl)cc2[N+](=O)[O-])C(N)=C(C#N)C1c1ccccc1. The third-order valence-electron chi connectivity index (χ3n) is 5.04. The van der Waals surface area contributed by atoms with Gasteiger partial charge in [0.1, 0.15) is 17.2 Å². The molecule has 0 aliphatic carbocycles. The minimum atomic E-state index is -1.10. The van der Waals surface area contributed by atoms with E-state index in [1.165, 1.54) is 6.07 Å². The number of nitriles is 1. The van der Waals surface area contributed by atoms with Gasteiger partial charge in [-0.05, 0) is 27.6 Å². The third-order valence-corrected chi connectivity index (χ3v) is 5.86. The fourth-order valence-electron chi connectivity index (χ4n) is 3.66. The van der Waals surface area contributed by atoms with E-state index >= 15 is 0 Å². The molecule has 12 heteroatoms. The maximum Gasteiger partial charge on any atom is 0.355 e. The highest BCUT2D eigenvalue weighted by Crippen LogP contribution is 2.48. The van der Waals surface area contributed by atoms with Crippen molar-refractivity contribution >= 4 is 50.8 Å². The molecule has 0 saturated carbocycles. The fraction of sp³-hybridized carbons (Fsp3) is 0.136. The number of hydrogen-bond acceptors (Lipinski definition) is 9. The molecular formula is C22H16BrClN4O6. The van der Waals surface area contributed by atoms with Crippen LogP contribution < -0.4 is 10.6 Å². The van der Waals surface area contributed by atoms with Crippen molar-refractivity contribution in [2.75, 3.05) is 19.1 Å². The van der Waals surface area contributed by atoms with Crippen LogP contribution in [0.25, 0.3) is 0 Å². The molecule has 34 heavy (non-hydrogen) atoms. The van der Waals surface area contributed by atoms with Gasteiger partial charge in [-0.15, -0.1) is 0 Å². The number of halogens is 2. The summed E-state index contributed by atoms with van der Waals surface area (Å²) >= 11 is 9.22. The van der Waals surface area contributed by atoms with Gasteiger partial charge in [-0.25, -0.2) is 9.59 Å². The van der Waals surface area contributed by atoms with Crippen molar-refractivity contribution in [1.29, 1.82) is 5.26 Å². The van der Waals surface area contributed by atoms with E-state index in [9.17, 15) is 25.0 Å². The number of carbonyl (C=O) groups excluding carboxylic acids is 2. The summed E-state index contributed by atoms with van der Waals surface area (Å²) in [4.78, 5) is 38.2. The zero-order valence-corrected chi connectivity index (χ0v) is 20.1. The predicted molar refractivity (Wildman–Crippen MR) is 125 cm³/mol. The van der Waals surface area contributed by atoms with E-state index in [1.54, 1.807) is 30.3 Å². The molecule has 0 fully saturated rings. The number of nitrogens with zero attached hydrogens (tertiary/aromatic N) is 3. The van der Waals surface area contributed by atoms with Crippen molar-refractivity contribution < 1.29 is 24.0 Å². The summed E-state index contributed by atoms with van der Waals surface area (Å²) in [5.41, 5.74) is 5.22. The molecule has 0 bridgehead atoms. The zero-order valence-electron chi connectivity index (χ0n) is 17.7. The van der Waals surface area contributed by atoms with E-state index in [-0.39, 0.29) is 32.1 Å². The number of carbonyl (C=O) groups is 2. The minimum absolute atomic E-state index is 0.0290. The summed E-state index contributed by atoms with van der Waals surface area (Å²) in [6, 6.07) is 12.8. The van der Waals surface area contributed by atoms with Gasteiger partial charge in [0.2, 0.25) is 0 Å². The van der Waals surface area contributed by atoms with Gasteiger partial charge in [0.25, 0.3) is 5.69 Å². The molecule has 1 aliphatic heterocycles. The Bertz CT molecular complexity index is 1300. The van der Waals surface area contributed by atoms with Crippen LogP contribution in [0.2, 0.25) is 5.02 Å². The van der Waals surface area contributed by atoms with Gasteiger partial charge in [0.15, 0.2) is 0 Å². The summed E-state index contributed by atoms with van der Waals surface area (Å²) < 4.78 is 9.93. The normalized spacial score (nSPS) is 15.6. The van der Waals surface area contributed by atoms with Crippen LogP contribution in [0.1, 0.15) is 11.5 Å². The number of methoxy groups -OCH3 is 2. The van der Waals surface area contributed by atoms with Crippen molar-refractivity contribution in [3.05, 3.63) is 90.3 Å². The van der Waals surface area contributed by atoms with Gasteiger partial charge in [-0.1, -0.05) is 41.9 Å². The van der Waals surface area contributed by atoms with Gasteiger partial charge in [0, 0.05) is 11.1 Å². The molecule has 3 rings (SSSR count). The topological polar surface area (TPSA) is 149 Å². The maximum absolute atomic E-state index is 13.1. The molecule has 0 aromatic heterocycles. The molecule has 0 amide bonds. The Morgan fingerprint density at radius 3 is 2.35 bits per heavy atom. The lowest BCUT2D eigenvalue weighted by molar-refractivity contribution is -0.384. The number of allylic oxidation sites excluding steroid dienone is 1. The van der Waals surface area contributed by atoms with Crippen LogP contribution in [0.3, 0.4) is 0 Å². The highest BCUT2D eigenvalue weighted by Gasteiger charge is 2.45. The van der Waals surface area contributed by atoms with Gasteiger partial charge in [-0.3, -0.25) is 15.0 Å². The fourth-order valence-corrected chi connectivity index (χ4v) is 4.63. The molecule has 2 aromatic rings. The summed E-state index contributed by atoms with van der Waals surface area (Å²) in [5.74, 6) is -3.39. The monoisotopic (exact) mass is 546 g/mol. The highest BCUT2D eigenvalue weighted by molar-refractivity contribution is 9.10. The van der Waals surface area contributed by atoms with Crippen LogP contribution in [0.5, 0.6) is 0 Å². The highest BCUT2D eigenvalue weighted by atomic mass is 79.9. The van der Waals surface area contributed by atoms with Gasteiger partial charge in [-0.2, -0.15) is 5.26 Å². The zero-order chi connectivity index (χ0) is 25.2. The second kappa shape index (κ2) is 9.94. The lowest BCUT2D eigenvalue weighted by Crippen LogP contribution is -2.41. The van der Waals surface area contributed by atoms with Crippen molar-refractivity contribution in [3.63, 3.8) is 0 Å². The largest absolute Gasteiger partial charge is 0.466 e. The Morgan fingerprint density at radius 1 is 1.21 bits per heavy atom. The Morgan fingerprint density at radius 2 is 1.82 bits per heavy atom. The van der Waals surface area contributed by atoms with Crippen LogP contribution in [0.15, 0.2) is 69.6 Å². The predicted octanol–water partition coefficient (Wildman–Crippen LogP) is 3.91. The molecule has 174 valence electrons. The number of ether oxygens (including phenoxy) is 2. The van der Waals surface area contributed by atoms with E-state index in [1.807, 2.05) is 6.07 Å². The van der Waals surface area contributed by atoms with Crippen molar-refractivity contribution in [2.24, 2.45) is 5.73 Å². The van der Waals surface area contributed by atoms with Crippen LogP contribution >= 0.6 is 27.5 Å². The lowest BCUT2D eigenvalue weighted by atomic mass is 9.81. The molecule has 2 N–H and O–H groups in total. The molecule has 0 spiro atoms. The van der Waals surface area contributed by atoms with Crippen LogP contribution in [-0.2, 0) is 19.1 Å². The summed E-state index contributed by atoms with van der Waals surface area (Å²) in [6.45, 7) is 0. The van der Waals surface area contributed by atoms with E-state index < -0.39 is 34.2 Å². The molecule has 10 nitrogen and oxygen atoms in total. The second-order valence-electron chi connectivity index (χ2n) is 6.85. The number of nitro benzene ring substituents is 1. The molecular weight excluding hydrogens is 532 g/mol. The smallest absolute Gasteiger partial charge is 0.355 e. The van der Waals surface area contributed by atoms with Crippen molar-refractivity contribution in [3.8, 4) is 6.07 Å². The second-order valence-corrected chi connectivity index (χ2v) is 8.14. The summed E-state index contributed by atoms with van der Waals surface area (Å²) in [7, 11) is 2.18. The average Bonchev–Trinajstić information content (AvgIpc) is 2.82. The average molecular weight is 548 g/mol. The number of nitrogens with two attached hydrogens (primary N) is 1. The summed E-state index contributed by atoms with van der Waals surface area (Å²) in [6.07, 6.45) is 0. The molecule has 1 heterocycles. The van der Waals surface area contributed by atoms with Crippen molar-refractivity contribution in [2.45, 2.75) is 5.92 Å². The van der Waals surface area contributed by atoms with E-state index in [0.717, 1.165) is 25.2 Å². The maximum atomic E-state index is 13.1. The van der Waals surface area contributed by atoms with Gasteiger partial charge < -0.3 is 15.2 Å². The minimum Gasteiger partial charge on any atom is -0.466 e. The lowest BCUT2D eigenvalue weighted by Gasteiger charge is -2.35. The Balaban J connectivity index is 2.53. The number of esters is 2. The van der Waals surface area contributed by atoms with Crippen LogP contribution in [0.4, 0.5) is 11.4 Å². The molecule has 1 unspecified atom stereocenters. The number of hydrogen-bond donors (Lipinski definition) is 1. The van der Waals surface area contributed by atoms with Crippen LogP contribution in [-0.4, -0.2) is 31.1 Å². The molecule has 1 aliphatic rings. The van der Waals surface area contributed by atoms with E-state index in [4.69, 9.17) is 26.8 Å². The van der Waals surface area contributed by atoms with E-state index in [0.29, 0.717) is 5.56 Å². The first-order chi connectivity index (χ1) is 16.2. The van der Waals surface area contributed by atoms with Gasteiger partial charge >= 0.3 is 11.9 Å². The Labute approximate surface area is 207 Å². The number of rotatable bonds is 5. The Kier molecular flexibility index (Phi) is 7.24. The third kappa shape index (κ3) is 4.21. The molecule has 0 radical (unpaired) electrons. The van der Waals surface area contributed by atoms with E-state index in [2.05, 4.69) is 15.9 Å². The first-order valence-corrected chi connectivity index (χ1v) is 10.6. The van der Waals surface area contributed by atoms with Gasteiger partial charge in [0.05, 0.1) is 46.7 Å². The van der Waals surface area contributed by atoms with Crippen molar-refractivity contribution in [1.82, 2.24) is 0 Å². The first-order valence-electron chi connectivity index (χ1n) is 9.46. The standard InChI is InChI=1S/C22H16BrClN4O6/c1-33-21(29)17-16(11-6-4-3-5-7-11)13(10-25)20(26)27(19(17)22(30)34-2)18-14(23)8-12(24)9-15(18)28(31)32/h3-9,16H,26H2,1-2H3. The number of benzene rings is 2. The number of nitro groups is 1. The Hall–Kier alpha value is -3.88. The molecule has 0 saturated heterocycles. The quantitative estimate of drug-likeness (QED) is 0.334. The first kappa shape index (κ1) is 24.8. The van der Waals surface area contributed by atoms with Crippen LogP contribution in [0, 0.1) is 21.4 Å². The summed E-state index contributed by atoms with van der Waals surface area (Å²) in [5, 5.41) is 21.9. The molecule has 2 aromatic carbocycles.